The highest BCUT2D eigenvalue weighted by molar-refractivity contribution is 7.89. The molecule has 208 valence electrons. The first-order valence-electron chi connectivity index (χ1n) is 12.6. The summed E-state index contributed by atoms with van der Waals surface area (Å²) < 4.78 is 40.1. The maximum Gasteiger partial charge on any atom is 0.307 e. The predicted molar refractivity (Wildman–Crippen MR) is 147 cm³/mol. The van der Waals surface area contributed by atoms with Crippen LogP contribution in [0.1, 0.15) is 64.3 Å². The van der Waals surface area contributed by atoms with Crippen molar-refractivity contribution in [2.75, 3.05) is 13.7 Å². The number of hydrogen-bond donors (Lipinski definition) is 1. The van der Waals surface area contributed by atoms with Gasteiger partial charge >= 0.3 is 5.97 Å². The zero-order chi connectivity index (χ0) is 28.5. The number of aromatic nitrogens is 1. The Morgan fingerprint density at radius 2 is 2.03 bits per heavy atom. The lowest BCUT2D eigenvalue weighted by Gasteiger charge is -2.25. The number of ketones is 1. The van der Waals surface area contributed by atoms with Gasteiger partial charge in [0.05, 0.1) is 25.8 Å². The number of pyridine rings is 1. The standard InChI is InChI=1S/C28H32N2O7S2/c1-6-21-15-30(39(34,35)25-13-29-10-9-22(25)37-21)14-20-11-19(8-7-16(20)2)26(17(3)28(32)33)24-12-23(36-5)27(38-24)18(4)31/h7-13,17,21,26H,6,14-15H2,1-5H3,(H,32,33)/t17-,21+,26+/m0/s1. The number of aliphatic carboxylic acids is 1. The van der Waals surface area contributed by atoms with Gasteiger partial charge in [-0.1, -0.05) is 32.0 Å². The van der Waals surface area contributed by atoms with Gasteiger partial charge in [0.25, 0.3) is 0 Å². The van der Waals surface area contributed by atoms with Crippen LogP contribution < -0.4 is 9.47 Å². The second kappa shape index (κ2) is 11.4. The van der Waals surface area contributed by atoms with E-state index in [0.29, 0.717) is 27.5 Å². The molecule has 0 saturated heterocycles. The largest absolute Gasteiger partial charge is 0.495 e. The van der Waals surface area contributed by atoms with Crippen LogP contribution in [0.2, 0.25) is 0 Å². The van der Waals surface area contributed by atoms with E-state index in [1.54, 1.807) is 19.1 Å². The molecule has 11 heteroatoms. The van der Waals surface area contributed by atoms with Crippen molar-refractivity contribution in [2.24, 2.45) is 5.92 Å². The monoisotopic (exact) mass is 572 g/mol. The number of carboxylic acid groups (broad SMARTS) is 1. The van der Waals surface area contributed by atoms with Crippen molar-refractivity contribution >= 4 is 33.1 Å². The van der Waals surface area contributed by atoms with Crippen molar-refractivity contribution in [3.05, 3.63) is 69.2 Å². The van der Waals surface area contributed by atoms with E-state index < -0.39 is 27.8 Å². The lowest BCUT2D eigenvalue weighted by molar-refractivity contribution is -0.141. The van der Waals surface area contributed by atoms with Crippen LogP contribution in [0.25, 0.3) is 0 Å². The molecule has 3 heterocycles. The van der Waals surface area contributed by atoms with Gasteiger partial charge in [0.1, 0.15) is 27.4 Å². The van der Waals surface area contributed by atoms with Gasteiger partial charge in [0.15, 0.2) is 5.78 Å². The van der Waals surface area contributed by atoms with E-state index in [4.69, 9.17) is 9.47 Å². The van der Waals surface area contributed by atoms with Gasteiger partial charge in [-0.25, -0.2) is 8.42 Å². The molecule has 1 N–H and O–H groups in total. The minimum absolute atomic E-state index is 0.0228. The number of ether oxygens (including phenoxy) is 2. The Hall–Kier alpha value is -3.28. The smallest absolute Gasteiger partial charge is 0.307 e. The highest BCUT2D eigenvalue weighted by Crippen LogP contribution is 2.42. The van der Waals surface area contributed by atoms with E-state index in [1.165, 1.54) is 42.1 Å². The normalized spacial score (nSPS) is 18.3. The molecule has 3 atom stereocenters. The molecule has 0 aliphatic carbocycles. The number of carbonyl (C=O) groups excluding carboxylic acids is 1. The van der Waals surface area contributed by atoms with Crippen LogP contribution in [-0.4, -0.2) is 54.3 Å². The molecule has 0 spiro atoms. The summed E-state index contributed by atoms with van der Waals surface area (Å²) in [5, 5.41) is 9.95. The fraction of sp³-hybridized carbons (Fsp3) is 0.393. The molecule has 1 aliphatic rings. The van der Waals surface area contributed by atoms with Gasteiger partial charge in [-0.2, -0.15) is 4.31 Å². The lowest BCUT2D eigenvalue weighted by atomic mass is 9.84. The second-order valence-corrected chi connectivity index (χ2v) is 12.7. The number of Topliss-reactive ketones (excluding diaryl/α,β-unsaturated/α-hetero) is 1. The van der Waals surface area contributed by atoms with Gasteiger partial charge < -0.3 is 14.6 Å². The number of sulfonamides is 1. The van der Waals surface area contributed by atoms with Crippen LogP contribution >= 0.6 is 11.3 Å². The summed E-state index contributed by atoms with van der Waals surface area (Å²) in [5.74, 6) is -1.85. The molecule has 0 radical (unpaired) electrons. The fourth-order valence-corrected chi connectivity index (χ4v) is 7.50. The molecule has 0 saturated carbocycles. The number of carboxylic acids is 1. The SMILES string of the molecule is CC[C@@H]1CN(Cc2cc([C@H](c3cc(OC)c(C(C)=O)s3)[C@H](C)C(=O)O)ccc2C)S(=O)(=O)c2cnccc2O1. The molecule has 0 fully saturated rings. The fourth-order valence-electron chi connectivity index (χ4n) is 4.73. The quantitative estimate of drug-likeness (QED) is 0.360. The van der Waals surface area contributed by atoms with E-state index in [0.717, 1.165) is 11.1 Å². The van der Waals surface area contributed by atoms with E-state index in [9.17, 15) is 23.1 Å². The summed E-state index contributed by atoms with van der Waals surface area (Å²) in [5.41, 5.74) is 2.33. The number of rotatable bonds is 9. The zero-order valence-corrected chi connectivity index (χ0v) is 24.1. The number of aryl methyl sites for hydroxylation is 1. The predicted octanol–water partition coefficient (Wildman–Crippen LogP) is 4.88. The number of hydrogen-bond acceptors (Lipinski definition) is 8. The Morgan fingerprint density at radius 1 is 1.28 bits per heavy atom. The molecule has 1 aromatic carbocycles. The van der Waals surface area contributed by atoms with Gasteiger partial charge in [0, 0.05) is 30.5 Å². The van der Waals surface area contributed by atoms with Gasteiger partial charge in [-0.05, 0) is 42.2 Å². The summed E-state index contributed by atoms with van der Waals surface area (Å²) in [6.45, 7) is 7.15. The molecule has 0 unspecified atom stereocenters. The van der Waals surface area contributed by atoms with Crippen molar-refractivity contribution in [2.45, 2.75) is 57.6 Å². The molecule has 0 amide bonds. The average Bonchev–Trinajstić information content (AvgIpc) is 3.29. The van der Waals surface area contributed by atoms with Crippen molar-refractivity contribution in [3.63, 3.8) is 0 Å². The second-order valence-electron chi connectivity index (χ2n) is 9.66. The highest BCUT2D eigenvalue weighted by Gasteiger charge is 2.35. The number of nitrogens with zero attached hydrogens (tertiary/aromatic N) is 2. The number of benzene rings is 1. The maximum absolute atomic E-state index is 13.7. The summed E-state index contributed by atoms with van der Waals surface area (Å²) in [6.07, 6.45) is 3.09. The Labute approximate surface area is 232 Å². The summed E-state index contributed by atoms with van der Waals surface area (Å²) in [7, 11) is -2.44. The number of fused-ring (bicyclic) bond motifs is 1. The first-order chi connectivity index (χ1) is 18.5. The third-order valence-corrected chi connectivity index (χ3v) is 10.2. The Kier molecular flexibility index (Phi) is 8.43. The van der Waals surface area contributed by atoms with Crippen molar-refractivity contribution in [1.29, 1.82) is 0 Å². The number of methoxy groups -OCH3 is 1. The van der Waals surface area contributed by atoms with Gasteiger partial charge in [0.2, 0.25) is 10.0 Å². The molecular weight excluding hydrogens is 540 g/mol. The van der Waals surface area contributed by atoms with E-state index >= 15 is 0 Å². The van der Waals surface area contributed by atoms with Gasteiger partial charge in [-0.15, -0.1) is 11.3 Å². The number of carbonyl (C=O) groups is 2. The first-order valence-corrected chi connectivity index (χ1v) is 14.8. The third-order valence-electron chi connectivity index (χ3n) is 7.05. The Morgan fingerprint density at radius 3 is 2.64 bits per heavy atom. The van der Waals surface area contributed by atoms with Crippen molar-refractivity contribution in [3.8, 4) is 11.5 Å². The Balaban J connectivity index is 1.78. The first kappa shape index (κ1) is 28.7. The van der Waals surface area contributed by atoms with E-state index in [2.05, 4.69) is 4.98 Å². The van der Waals surface area contributed by atoms with E-state index in [1.807, 2.05) is 32.0 Å². The van der Waals surface area contributed by atoms with Crippen LogP contribution in [0.5, 0.6) is 11.5 Å². The summed E-state index contributed by atoms with van der Waals surface area (Å²) in [6, 6.07) is 8.88. The molecule has 2 aromatic heterocycles. The van der Waals surface area contributed by atoms with Crippen molar-refractivity contribution < 1.29 is 32.6 Å². The summed E-state index contributed by atoms with van der Waals surface area (Å²) >= 11 is 1.22. The van der Waals surface area contributed by atoms with E-state index in [-0.39, 0.29) is 35.6 Å². The van der Waals surface area contributed by atoms with Crippen molar-refractivity contribution in [1.82, 2.24) is 9.29 Å². The minimum Gasteiger partial charge on any atom is -0.495 e. The topological polar surface area (TPSA) is 123 Å². The molecular formula is C28H32N2O7S2. The molecule has 0 bridgehead atoms. The lowest BCUT2D eigenvalue weighted by Crippen LogP contribution is -2.36. The van der Waals surface area contributed by atoms with Crippen LogP contribution in [0.15, 0.2) is 47.6 Å². The van der Waals surface area contributed by atoms with Crippen LogP contribution in [0.3, 0.4) is 0 Å². The summed E-state index contributed by atoms with van der Waals surface area (Å²) in [4.78, 5) is 29.5. The zero-order valence-electron chi connectivity index (χ0n) is 22.5. The molecule has 9 nitrogen and oxygen atoms in total. The molecule has 1 aliphatic heterocycles. The highest BCUT2D eigenvalue weighted by atomic mass is 32.2. The maximum atomic E-state index is 13.7. The van der Waals surface area contributed by atoms with Crippen LogP contribution in [0, 0.1) is 12.8 Å². The van der Waals surface area contributed by atoms with Gasteiger partial charge in [-0.3, -0.25) is 14.6 Å². The number of thiophene rings is 1. The third kappa shape index (κ3) is 5.70. The molecule has 39 heavy (non-hydrogen) atoms. The van der Waals surface area contributed by atoms with Crippen LogP contribution in [0.4, 0.5) is 0 Å². The minimum atomic E-state index is -3.91. The molecule has 3 aromatic rings. The molecule has 4 rings (SSSR count). The average molecular weight is 573 g/mol. The Bertz CT molecular complexity index is 1500. The van der Waals surface area contributed by atoms with Crippen LogP contribution in [-0.2, 0) is 21.4 Å².